The zero-order valence-corrected chi connectivity index (χ0v) is 14.9. The SMILES string of the molecule is CCc1cccc(CC)c1N=C(C)c1ccc2cccc(C)c2n1. The van der Waals surface area contributed by atoms with Crippen LogP contribution in [0.2, 0.25) is 0 Å². The molecule has 0 saturated heterocycles. The lowest BCUT2D eigenvalue weighted by Gasteiger charge is -2.10. The van der Waals surface area contributed by atoms with Gasteiger partial charge in [0.15, 0.2) is 0 Å². The van der Waals surface area contributed by atoms with E-state index >= 15 is 0 Å². The Morgan fingerprint density at radius 1 is 0.917 bits per heavy atom. The highest BCUT2D eigenvalue weighted by molar-refractivity contribution is 6.00. The summed E-state index contributed by atoms with van der Waals surface area (Å²) in [6.45, 7) is 8.52. The summed E-state index contributed by atoms with van der Waals surface area (Å²) in [5, 5.41) is 1.18. The normalized spacial score (nSPS) is 11.9. The van der Waals surface area contributed by atoms with Gasteiger partial charge in [0.2, 0.25) is 0 Å². The quantitative estimate of drug-likeness (QED) is 0.558. The van der Waals surface area contributed by atoms with Gasteiger partial charge in [-0.2, -0.15) is 0 Å². The minimum atomic E-state index is 0.949. The van der Waals surface area contributed by atoms with Crippen LogP contribution in [0.3, 0.4) is 0 Å². The van der Waals surface area contributed by atoms with Gasteiger partial charge in [-0.3, -0.25) is 4.99 Å². The Hall–Kier alpha value is -2.48. The molecule has 2 heteroatoms. The van der Waals surface area contributed by atoms with Crippen molar-refractivity contribution >= 4 is 22.3 Å². The van der Waals surface area contributed by atoms with Gasteiger partial charge in [-0.15, -0.1) is 0 Å². The lowest BCUT2D eigenvalue weighted by Crippen LogP contribution is -2.00. The van der Waals surface area contributed by atoms with Gasteiger partial charge in [-0.05, 0) is 49.4 Å². The van der Waals surface area contributed by atoms with Crippen LogP contribution < -0.4 is 0 Å². The van der Waals surface area contributed by atoms with Crippen molar-refractivity contribution < 1.29 is 0 Å². The monoisotopic (exact) mass is 316 g/mol. The fourth-order valence-electron chi connectivity index (χ4n) is 3.08. The molecular weight excluding hydrogens is 292 g/mol. The Kier molecular flexibility index (Phi) is 4.75. The predicted octanol–water partition coefficient (Wildman–Crippen LogP) is 5.81. The van der Waals surface area contributed by atoms with Crippen LogP contribution in [-0.2, 0) is 12.8 Å². The van der Waals surface area contributed by atoms with Crippen LogP contribution in [0, 0.1) is 6.92 Å². The molecule has 3 aromatic rings. The van der Waals surface area contributed by atoms with Crippen LogP contribution in [-0.4, -0.2) is 10.7 Å². The van der Waals surface area contributed by atoms with Crippen molar-refractivity contribution in [1.29, 1.82) is 0 Å². The number of hydrogen-bond acceptors (Lipinski definition) is 2. The van der Waals surface area contributed by atoms with E-state index in [9.17, 15) is 0 Å². The summed E-state index contributed by atoms with van der Waals surface area (Å²) in [7, 11) is 0. The molecule has 2 nitrogen and oxygen atoms in total. The number of rotatable bonds is 4. The van der Waals surface area contributed by atoms with Crippen molar-refractivity contribution in [1.82, 2.24) is 4.98 Å². The fourth-order valence-corrected chi connectivity index (χ4v) is 3.08. The number of aromatic nitrogens is 1. The number of fused-ring (bicyclic) bond motifs is 1. The molecule has 3 rings (SSSR count). The number of aryl methyl sites for hydroxylation is 3. The highest BCUT2D eigenvalue weighted by atomic mass is 14.8. The first-order valence-corrected chi connectivity index (χ1v) is 8.66. The summed E-state index contributed by atoms with van der Waals surface area (Å²) in [6.07, 6.45) is 1.98. The molecular formula is C22H24N2. The molecule has 0 amide bonds. The van der Waals surface area contributed by atoms with E-state index in [-0.39, 0.29) is 0 Å². The number of benzene rings is 2. The van der Waals surface area contributed by atoms with E-state index in [2.05, 4.69) is 76.2 Å². The number of pyridine rings is 1. The van der Waals surface area contributed by atoms with Crippen LogP contribution in [0.25, 0.3) is 10.9 Å². The maximum Gasteiger partial charge on any atom is 0.0849 e. The summed E-state index contributed by atoms with van der Waals surface area (Å²) in [5.41, 5.74) is 7.89. The van der Waals surface area contributed by atoms with E-state index in [1.807, 2.05) is 0 Å². The molecule has 0 saturated carbocycles. The second-order valence-electron chi connectivity index (χ2n) is 6.17. The highest BCUT2D eigenvalue weighted by Crippen LogP contribution is 2.27. The molecule has 0 aliphatic carbocycles. The van der Waals surface area contributed by atoms with Gasteiger partial charge >= 0.3 is 0 Å². The maximum atomic E-state index is 4.96. The van der Waals surface area contributed by atoms with Crippen LogP contribution >= 0.6 is 0 Å². The summed E-state index contributed by atoms with van der Waals surface area (Å²) in [5.74, 6) is 0. The van der Waals surface area contributed by atoms with Crippen LogP contribution in [0.15, 0.2) is 53.5 Å². The molecule has 122 valence electrons. The number of aliphatic imine (C=N–C) groups is 1. The lowest BCUT2D eigenvalue weighted by molar-refractivity contribution is 1.08. The molecule has 24 heavy (non-hydrogen) atoms. The minimum Gasteiger partial charge on any atom is -0.251 e. The second-order valence-corrected chi connectivity index (χ2v) is 6.17. The fraction of sp³-hybridized carbons (Fsp3) is 0.273. The van der Waals surface area contributed by atoms with E-state index in [1.165, 1.54) is 22.1 Å². The molecule has 0 radical (unpaired) electrons. The molecule has 1 heterocycles. The van der Waals surface area contributed by atoms with Gasteiger partial charge in [0.1, 0.15) is 0 Å². The van der Waals surface area contributed by atoms with Gasteiger partial charge < -0.3 is 0 Å². The van der Waals surface area contributed by atoms with Crippen molar-refractivity contribution in [2.24, 2.45) is 4.99 Å². The van der Waals surface area contributed by atoms with Gasteiger partial charge in [0.25, 0.3) is 0 Å². The first-order chi connectivity index (χ1) is 11.6. The van der Waals surface area contributed by atoms with Crippen molar-refractivity contribution in [2.75, 3.05) is 0 Å². The highest BCUT2D eigenvalue weighted by Gasteiger charge is 2.08. The molecule has 1 aromatic heterocycles. The van der Waals surface area contributed by atoms with Crippen LogP contribution in [0.4, 0.5) is 5.69 Å². The molecule has 0 unspecified atom stereocenters. The lowest BCUT2D eigenvalue weighted by atomic mass is 10.0. The predicted molar refractivity (Wildman–Crippen MR) is 104 cm³/mol. The first kappa shape index (κ1) is 16.4. The standard InChI is InChI=1S/C22H24N2/c1-5-17-10-8-11-18(6-2)22(17)23-16(4)20-14-13-19-12-7-9-15(3)21(19)24-20/h7-14H,5-6H2,1-4H3. The number of para-hydroxylation sites is 2. The zero-order valence-electron chi connectivity index (χ0n) is 14.9. The minimum absolute atomic E-state index is 0.949. The Morgan fingerprint density at radius 2 is 1.58 bits per heavy atom. The topological polar surface area (TPSA) is 25.2 Å². The Bertz CT molecular complexity index is 885. The molecule has 0 aliphatic rings. The van der Waals surface area contributed by atoms with Crippen molar-refractivity contribution in [3.8, 4) is 0 Å². The van der Waals surface area contributed by atoms with Gasteiger partial charge in [0, 0.05) is 5.39 Å². The molecule has 0 atom stereocenters. The van der Waals surface area contributed by atoms with Crippen LogP contribution in [0.5, 0.6) is 0 Å². The number of nitrogens with zero attached hydrogens (tertiary/aromatic N) is 2. The third-order valence-corrected chi connectivity index (χ3v) is 4.54. The van der Waals surface area contributed by atoms with E-state index in [0.717, 1.165) is 35.5 Å². The molecule has 0 fully saturated rings. The smallest absolute Gasteiger partial charge is 0.0849 e. The second kappa shape index (κ2) is 6.96. The Labute approximate surface area is 144 Å². The summed E-state index contributed by atoms with van der Waals surface area (Å²) in [6, 6.07) is 17.0. The van der Waals surface area contributed by atoms with Crippen LogP contribution in [0.1, 0.15) is 43.2 Å². The molecule has 0 aliphatic heterocycles. The average Bonchev–Trinajstić information content (AvgIpc) is 2.62. The van der Waals surface area contributed by atoms with Crippen molar-refractivity contribution in [2.45, 2.75) is 40.5 Å². The zero-order chi connectivity index (χ0) is 17.1. The van der Waals surface area contributed by atoms with Gasteiger partial charge in [-0.25, -0.2) is 4.98 Å². The van der Waals surface area contributed by atoms with Crippen molar-refractivity contribution in [3.63, 3.8) is 0 Å². The average molecular weight is 316 g/mol. The van der Waals surface area contributed by atoms with E-state index in [1.54, 1.807) is 0 Å². The summed E-state index contributed by atoms with van der Waals surface area (Å²) >= 11 is 0. The third kappa shape index (κ3) is 3.09. The van der Waals surface area contributed by atoms with Crippen molar-refractivity contribution in [3.05, 3.63) is 70.9 Å². The summed E-state index contributed by atoms with van der Waals surface area (Å²) < 4.78 is 0. The maximum absolute atomic E-state index is 4.96. The van der Waals surface area contributed by atoms with Gasteiger partial charge in [0.05, 0.1) is 22.6 Å². The Morgan fingerprint density at radius 3 is 2.25 bits per heavy atom. The largest absolute Gasteiger partial charge is 0.251 e. The molecule has 0 N–H and O–H groups in total. The molecule has 0 bridgehead atoms. The van der Waals surface area contributed by atoms with Gasteiger partial charge in [-0.1, -0.05) is 56.3 Å². The Balaban J connectivity index is 2.11. The third-order valence-electron chi connectivity index (χ3n) is 4.54. The molecule has 0 spiro atoms. The van der Waals surface area contributed by atoms with E-state index < -0.39 is 0 Å². The van der Waals surface area contributed by atoms with E-state index in [0.29, 0.717) is 0 Å². The summed E-state index contributed by atoms with van der Waals surface area (Å²) in [4.78, 5) is 9.81. The molecule has 2 aromatic carbocycles. The number of hydrogen-bond donors (Lipinski definition) is 0. The first-order valence-electron chi connectivity index (χ1n) is 8.66. The van der Waals surface area contributed by atoms with E-state index in [4.69, 9.17) is 9.98 Å².